The van der Waals surface area contributed by atoms with Crippen molar-refractivity contribution in [1.29, 1.82) is 0 Å². The molecule has 1 heterocycles. The molecule has 5 heteroatoms. The number of hydrogen-bond donors (Lipinski definition) is 1. The number of aryl methyl sites for hydroxylation is 1. The van der Waals surface area contributed by atoms with Crippen molar-refractivity contribution < 1.29 is 14.0 Å². The van der Waals surface area contributed by atoms with Gasteiger partial charge in [-0.1, -0.05) is 13.0 Å². The molecule has 1 aromatic carbocycles. The minimum atomic E-state index is -0.477. The fourth-order valence-electron chi connectivity index (χ4n) is 2.77. The van der Waals surface area contributed by atoms with Crippen molar-refractivity contribution in [1.82, 2.24) is 10.2 Å². The predicted molar refractivity (Wildman–Crippen MR) is 78.2 cm³/mol. The van der Waals surface area contributed by atoms with E-state index in [1.54, 1.807) is 17.9 Å². The summed E-state index contributed by atoms with van der Waals surface area (Å²) in [5, 5.41) is 2.70. The summed E-state index contributed by atoms with van der Waals surface area (Å²) in [6.07, 6.45) is 1.21. The van der Waals surface area contributed by atoms with E-state index in [0.29, 0.717) is 19.4 Å². The molecule has 0 radical (unpaired) electrons. The minimum absolute atomic E-state index is 0.0544. The standard InChI is InChI=1S/C16H21FN2O2/c1-4-14-15(20)18-11(3)16(21)19(14)8-7-12-5-6-13(17)9-10(12)2/h5-6,9,11,14H,4,7-8H2,1-3H3,(H,18,20). The molecular formula is C16H21FN2O2. The lowest BCUT2D eigenvalue weighted by Gasteiger charge is -2.37. The quantitative estimate of drug-likeness (QED) is 0.920. The van der Waals surface area contributed by atoms with E-state index < -0.39 is 12.1 Å². The number of nitrogens with one attached hydrogen (secondary N) is 1. The van der Waals surface area contributed by atoms with E-state index in [4.69, 9.17) is 0 Å². The van der Waals surface area contributed by atoms with Crippen molar-refractivity contribution in [2.75, 3.05) is 6.54 Å². The molecule has 0 saturated carbocycles. The normalized spacial score (nSPS) is 22.4. The molecule has 2 amide bonds. The number of amides is 2. The highest BCUT2D eigenvalue weighted by Crippen LogP contribution is 2.16. The van der Waals surface area contributed by atoms with Crippen LogP contribution >= 0.6 is 0 Å². The lowest BCUT2D eigenvalue weighted by Crippen LogP contribution is -2.62. The average Bonchev–Trinajstić information content (AvgIpc) is 2.42. The van der Waals surface area contributed by atoms with Gasteiger partial charge in [0.1, 0.15) is 17.9 Å². The molecule has 4 nitrogen and oxygen atoms in total. The Morgan fingerprint density at radius 3 is 2.67 bits per heavy atom. The largest absolute Gasteiger partial charge is 0.343 e. The second kappa shape index (κ2) is 6.24. The first kappa shape index (κ1) is 15.5. The number of benzene rings is 1. The summed E-state index contributed by atoms with van der Waals surface area (Å²) in [6, 6.07) is 3.76. The minimum Gasteiger partial charge on any atom is -0.343 e. The van der Waals surface area contributed by atoms with Crippen LogP contribution in [0.4, 0.5) is 4.39 Å². The van der Waals surface area contributed by atoms with E-state index in [-0.39, 0.29) is 17.6 Å². The maximum Gasteiger partial charge on any atom is 0.245 e. The Bertz CT molecular complexity index is 559. The third-order valence-corrected chi connectivity index (χ3v) is 4.00. The first-order chi connectivity index (χ1) is 9.93. The van der Waals surface area contributed by atoms with Crippen molar-refractivity contribution in [2.24, 2.45) is 0 Å². The molecule has 0 spiro atoms. The van der Waals surface area contributed by atoms with Gasteiger partial charge in [0, 0.05) is 6.54 Å². The van der Waals surface area contributed by atoms with Crippen LogP contribution in [0.5, 0.6) is 0 Å². The maximum atomic E-state index is 13.1. The van der Waals surface area contributed by atoms with E-state index in [1.807, 2.05) is 13.8 Å². The third-order valence-electron chi connectivity index (χ3n) is 4.00. The van der Waals surface area contributed by atoms with Gasteiger partial charge in [-0.2, -0.15) is 0 Å². The van der Waals surface area contributed by atoms with Gasteiger partial charge >= 0.3 is 0 Å². The molecule has 21 heavy (non-hydrogen) atoms. The van der Waals surface area contributed by atoms with Crippen molar-refractivity contribution in [3.05, 3.63) is 35.1 Å². The Kier molecular flexibility index (Phi) is 4.60. The highest BCUT2D eigenvalue weighted by Gasteiger charge is 2.36. The molecule has 0 aromatic heterocycles. The van der Waals surface area contributed by atoms with E-state index in [2.05, 4.69) is 5.32 Å². The zero-order valence-corrected chi connectivity index (χ0v) is 12.6. The van der Waals surface area contributed by atoms with Gasteiger partial charge < -0.3 is 10.2 Å². The number of hydrogen-bond acceptors (Lipinski definition) is 2. The highest BCUT2D eigenvalue weighted by molar-refractivity contribution is 5.96. The van der Waals surface area contributed by atoms with E-state index in [1.165, 1.54) is 12.1 Å². The van der Waals surface area contributed by atoms with Gasteiger partial charge in [-0.15, -0.1) is 0 Å². The first-order valence-corrected chi connectivity index (χ1v) is 7.30. The van der Waals surface area contributed by atoms with Crippen LogP contribution in [-0.4, -0.2) is 35.3 Å². The molecule has 1 aromatic rings. The summed E-state index contributed by atoms with van der Waals surface area (Å²) in [4.78, 5) is 25.9. The Hall–Kier alpha value is -1.91. The van der Waals surface area contributed by atoms with Gasteiger partial charge in [0.25, 0.3) is 0 Å². The second-order valence-electron chi connectivity index (χ2n) is 5.51. The molecule has 2 unspecified atom stereocenters. The maximum absolute atomic E-state index is 13.1. The summed E-state index contributed by atoms with van der Waals surface area (Å²) in [6.45, 7) is 5.91. The van der Waals surface area contributed by atoms with E-state index >= 15 is 0 Å². The number of halogens is 1. The third kappa shape index (κ3) is 3.23. The fourth-order valence-corrected chi connectivity index (χ4v) is 2.77. The molecule has 1 fully saturated rings. The molecular weight excluding hydrogens is 271 g/mol. The Morgan fingerprint density at radius 2 is 2.05 bits per heavy atom. The van der Waals surface area contributed by atoms with Crippen LogP contribution in [0.25, 0.3) is 0 Å². The fraction of sp³-hybridized carbons (Fsp3) is 0.500. The Balaban J connectivity index is 2.12. The summed E-state index contributed by atoms with van der Waals surface area (Å²) < 4.78 is 13.1. The van der Waals surface area contributed by atoms with Crippen LogP contribution in [0.2, 0.25) is 0 Å². The van der Waals surface area contributed by atoms with E-state index in [0.717, 1.165) is 11.1 Å². The monoisotopic (exact) mass is 292 g/mol. The van der Waals surface area contributed by atoms with Gasteiger partial charge in [-0.25, -0.2) is 4.39 Å². The predicted octanol–water partition coefficient (Wildman–Crippen LogP) is 1.80. The van der Waals surface area contributed by atoms with Gasteiger partial charge in [0.2, 0.25) is 11.8 Å². The molecule has 1 saturated heterocycles. The Morgan fingerprint density at radius 1 is 1.33 bits per heavy atom. The molecule has 114 valence electrons. The number of piperazine rings is 1. The molecule has 1 aliphatic heterocycles. The smallest absolute Gasteiger partial charge is 0.245 e. The number of carbonyl (C=O) groups is 2. The molecule has 0 aliphatic carbocycles. The van der Waals surface area contributed by atoms with Gasteiger partial charge in [-0.3, -0.25) is 9.59 Å². The topological polar surface area (TPSA) is 49.4 Å². The van der Waals surface area contributed by atoms with Gasteiger partial charge in [0.15, 0.2) is 0 Å². The molecule has 1 aliphatic rings. The number of nitrogens with zero attached hydrogens (tertiary/aromatic N) is 1. The van der Waals surface area contributed by atoms with Crippen LogP contribution in [0.1, 0.15) is 31.4 Å². The van der Waals surface area contributed by atoms with Crippen molar-refractivity contribution in [2.45, 2.75) is 45.7 Å². The number of carbonyl (C=O) groups excluding carboxylic acids is 2. The second-order valence-corrected chi connectivity index (χ2v) is 5.51. The zero-order valence-electron chi connectivity index (χ0n) is 12.6. The van der Waals surface area contributed by atoms with Crippen molar-refractivity contribution in [3.63, 3.8) is 0 Å². The van der Waals surface area contributed by atoms with Crippen LogP contribution in [0.15, 0.2) is 18.2 Å². The van der Waals surface area contributed by atoms with Crippen LogP contribution in [0, 0.1) is 12.7 Å². The summed E-state index contributed by atoms with van der Waals surface area (Å²) in [7, 11) is 0. The summed E-state index contributed by atoms with van der Waals surface area (Å²) >= 11 is 0. The van der Waals surface area contributed by atoms with Crippen LogP contribution < -0.4 is 5.32 Å². The zero-order chi connectivity index (χ0) is 15.6. The average molecular weight is 292 g/mol. The molecule has 2 atom stereocenters. The highest BCUT2D eigenvalue weighted by atomic mass is 19.1. The van der Waals surface area contributed by atoms with Gasteiger partial charge in [0.05, 0.1) is 0 Å². The molecule has 2 rings (SSSR count). The summed E-state index contributed by atoms with van der Waals surface area (Å²) in [5.41, 5.74) is 1.86. The van der Waals surface area contributed by atoms with Crippen LogP contribution in [0.3, 0.4) is 0 Å². The first-order valence-electron chi connectivity index (χ1n) is 7.30. The molecule has 0 bridgehead atoms. The lowest BCUT2D eigenvalue weighted by molar-refractivity contribution is -0.148. The van der Waals surface area contributed by atoms with Crippen molar-refractivity contribution in [3.8, 4) is 0 Å². The number of rotatable bonds is 4. The molecule has 1 N–H and O–H groups in total. The van der Waals surface area contributed by atoms with Crippen LogP contribution in [-0.2, 0) is 16.0 Å². The van der Waals surface area contributed by atoms with Gasteiger partial charge in [-0.05, 0) is 49.9 Å². The Labute approximate surface area is 124 Å². The SMILES string of the molecule is CCC1C(=O)NC(C)C(=O)N1CCc1ccc(F)cc1C. The summed E-state index contributed by atoms with van der Waals surface area (Å²) in [5.74, 6) is -0.411. The van der Waals surface area contributed by atoms with Crippen molar-refractivity contribution >= 4 is 11.8 Å². The lowest BCUT2D eigenvalue weighted by atomic mass is 10.0. The van der Waals surface area contributed by atoms with E-state index in [9.17, 15) is 14.0 Å².